The van der Waals surface area contributed by atoms with E-state index in [0.717, 1.165) is 24.1 Å². The number of aromatic nitrogens is 3. The first-order valence-electron chi connectivity index (χ1n) is 11.3. The monoisotopic (exact) mass is 578 g/mol. The van der Waals surface area contributed by atoms with Gasteiger partial charge in [0.25, 0.3) is 0 Å². The maximum absolute atomic E-state index is 14.7. The van der Waals surface area contributed by atoms with Gasteiger partial charge < -0.3 is 0 Å². The molecule has 2 N–H and O–H groups in total. The number of Topliss-reactive ketones (excluding diaryl/α,β-unsaturated/α-hetero) is 1. The largest absolute Gasteiger partial charge is 0.293 e. The number of carbonyl (C=O) groups is 1. The zero-order valence-electron chi connectivity index (χ0n) is 19.5. The summed E-state index contributed by atoms with van der Waals surface area (Å²) in [6.45, 7) is 1.46. The van der Waals surface area contributed by atoms with Gasteiger partial charge >= 0.3 is 0 Å². The highest BCUT2D eigenvalue weighted by Gasteiger charge is 2.29. The summed E-state index contributed by atoms with van der Waals surface area (Å²) in [5.74, 6) is -0.598. The van der Waals surface area contributed by atoms with Crippen LogP contribution in [0.1, 0.15) is 47.1 Å². The summed E-state index contributed by atoms with van der Waals surface area (Å²) < 4.78 is 39.8. The molecule has 12 heteroatoms. The third kappa shape index (κ3) is 5.63. The van der Waals surface area contributed by atoms with Crippen LogP contribution in [0.5, 0.6) is 0 Å². The van der Waals surface area contributed by atoms with E-state index in [-0.39, 0.29) is 12.2 Å². The van der Waals surface area contributed by atoms with Crippen molar-refractivity contribution in [2.45, 2.75) is 37.5 Å². The molecular formula is C25H21Cl2FN4O3S2. The van der Waals surface area contributed by atoms with E-state index in [1.165, 1.54) is 36.5 Å². The van der Waals surface area contributed by atoms with Crippen LogP contribution in [0.2, 0.25) is 10.0 Å². The Bertz CT molecular complexity index is 1630. The molecule has 192 valence electrons. The second-order valence-corrected chi connectivity index (χ2v) is 12.3. The van der Waals surface area contributed by atoms with Gasteiger partial charge in [0.1, 0.15) is 16.4 Å². The third-order valence-corrected chi connectivity index (χ3v) is 8.32. The fourth-order valence-electron chi connectivity index (χ4n) is 4.17. The van der Waals surface area contributed by atoms with Gasteiger partial charge in [-0.1, -0.05) is 29.3 Å². The lowest BCUT2D eigenvalue weighted by Crippen LogP contribution is -2.14. The summed E-state index contributed by atoms with van der Waals surface area (Å²) in [6.07, 6.45) is 3.13. The fourth-order valence-corrected chi connectivity index (χ4v) is 6.12. The Kier molecular flexibility index (Phi) is 6.97. The van der Waals surface area contributed by atoms with Gasteiger partial charge in [0.05, 0.1) is 11.4 Å². The number of ketones is 1. The molecule has 5 rings (SSSR count). The lowest BCUT2D eigenvalue weighted by molar-refractivity contribution is 0.101. The number of thiazole rings is 1. The van der Waals surface area contributed by atoms with Gasteiger partial charge in [-0.25, -0.2) is 27.6 Å². The molecule has 0 atom stereocenters. The molecule has 0 aliphatic heterocycles. The molecular weight excluding hydrogens is 558 g/mol. The van der Waals surface area contributed by atoms with E-state index >= 15 is 0 Å². The average molecular weight is 580 g/mol. The molecule has 4 aromatic rings. The summed E-state index contributed by atoms with van der Waals surface area (Å²) in [5.41, 5.74) is 3.85. The molecule has 0 spiro atoms. The summed E-state index contributed by atoms with van der Waals surface area (Å²) in [5, 5.41) is 13.1. The van der Waals surface area contributed by atoms with E-state index in [4.69, 9.17) is 33.4 Å². The minimum atomic E-state index is -4.19. The Morgan fingerprint density at radius 2 is 1.89 bits per heavy atom. The number of nitrogens with two attached hydrogens (primary N) is 1. The normalized spacial score (nSPS) is 13.8. The van der Waals surface area contributed by atoms with E-state index in [1.807, 2.05) is 0 Å². The first-order chi connectivity index (χ1) is 17.5. The van der Waals surface area contributed by atoms with Crippen molar-refractivity contribution in [3.63, 3.8) is 0 Å². The molecule has 1 fully saturated rings. The second-order valence-electron chi connectivity index (χ2n) is 9.05. The molecule has 1 saturated carbocycles. The number of sulfonamides is 1. The van der Waals surface area contributed by atoms with Crippen molar-refractivity contribution >= 4 is 50.3 Å². The topological polar surface area (TPSA) is 108 Å². The Morgan fingerprint density at radius 1 is 1.19 bits per heavy atom. The highest BCUT2D eigenvalue weighted by molar-refractivity contribution is 7.89. The lowest BCUT2D eigenvalue weighted by Gasteiger charge is -2.10. The first-order valence-corrected chi connectivity index (χ1v) is 14.5. The molecule has 0 amide bonds. The zero-order chi connectivity index (χ0) is 26.5. The van der Waals surface area contributed by atoms with Crippen LogP contribution in [-0.2, 0) is 22.9 Å². The predicted octanol–water partition coefficient (Wildman–Crippen LogP) is 5.84. The Labute approximate surface area is 227 Å². The molecule has 7 nitrogen and oxygen atoms in total. The number of halogens is 3. The Balaban J connectivity index is 1.70. The van der Waals surface area contributed by atoms with Crippen LogP contribution in [0.4, 0.5) is 4.39 Å². The minimum Gasteiger partial charge on any atom is -0.293 e. The average Bonchev–Trinajstić information content (AvgIpc) is 3.35. The number of hydrogen-bond donors (Lipinski definition) is 1. The molecule has 0 bridgehead atoms. The highest BCUT2D eigenvalue weighted by atomic mass is 35.5. The van der Waals surface area contributed by atoms with Gasteiger partial charge in [0, 0.05) is 39.9 Å². The molecule has 1 aliphatic rings. The minimum absolute atomic E-state index is 0.147. The maximum atomic E-state index is 14.7. The van der Waals surface area contributed by atoms with E-state index in [9.17, 15) is 17.6 Å². The van der Waals surface area contributed by atoms with Crippen molar-refractivity contribution in [3.8, 4) is 16.4 Å². The summed E-state index contributed by atoms with van der Waals surface area (Å²) >= 11 is 13.9. The van der Waals surface area contributed by atoms with Crippen LogP contribution in [-0.4, -0.2) is 29.0 Å². The van der Waals surface area contributed by atoms with Crippen molar-refractivity contribution < 1.29 is 17.6 Å². The summed E-state index contributed by atoms with van der Waals surface area (Å²) in [7, 11) is -4.19. The molecule has 37 heavy (non-hydrogen) atoms. The maximum Gasteiger partial charge on any atom is 0.240 e. The Hall–Kier alpha value is -2.63. The standard InChI is InChI=1S/C25H21Cl2FN4O3S2/c1-13(33)21-12-36-25(30-21)32-22(8-14-2-3-14)19(24(31-32)16-9-17(26)11-18(27)10-16)6-15-4-5-23(20(28)7-15)37(29,34)35/h4-5,7,9-12,14H,2-3,6,8H2,1H3,(H2,29,34,35). The SMILES string of the molecule is CC(=O)c1csc(-n2nc(-c3cc(Cl)cc(Cl)c3)c(Cc3ccc(S(N)(=O)=O)c(F)c3)c2CC2CC2)n1. The number of hydrogen-bond acceptors (Lipinski definition) is 6. The van der Waals surface area contributed by atoms with Gasteiger partial charge in [0.15, 0.2) is 5.78 Å². The van der Waals surface area contributed by atoms with Crippen molar-refractivity contribution in [2.24, 2.45) is 11.1 Å². The van der Waals surface area contributed by atoms with Gasteiger partial charge in [-0.2, -0.15) is 5.10 Å². The molecule has 0 saturated heterocycles. The van der Waals surface area contributed by atoms with Crippen molar-refractivity contribution in [2.75, 3.05) is 0 Å². The second kappa shape index (κ2) is 9.92. The molecule has 2 heterocycles. The van der Waals surface area contributed by atoms with Gasteiger partial charge in [-0.15, -0.1) is 11.3 Å². The fraction of sp³-hybridized carbons (Fsp3) is 0.240. The summed E-state index contributed by atoms with van der Waals surface area (Å²) in [4.78, 5) is 15.8. The smallest absolute Gasteiger partial charge is 0.240 e. The summed E-state index contributed by atoms with van der Waals surface area (Å²) in [6, 6.07) is 8.99. The van der Waals surface area contributed by atoms with E-state index < -0.39 is 20.7 Å². The van der Waals surface area contributed by atoms with Crippen LogP contribution < -0.4 is 5.14 Å². The van der Waals surface area contributed by atoms with Crippen LogP contribution >= 0.6 is 34.5 Å². The number of primary sulfonamides is 1. The number of nitrogens with zero attached hydrogens (tertiary/aromatic N) is 3. The van der Waals surface area contributed by atoms with Crippen LogP contribution in [0.25, 0.3) is 16.4 Å². The van der Waals surface area contributed by atoms with Gasteiger partial charge in [0.2, 0.25) is 15.2 Å². The number of benzene rings is 2. The predicted molar refractivity (Wildman–Crippen MR) is 142 cm³/mol. The molecule has 0 unspecified atom stereocenters. The van der Waals surface area contributed by atoms with Crippen LogP contribution in [0, 0.1) is 11.7 Å². The number of carbonyl (C=O) groups excluding carboxylic acids is 1. The zero-order valence-corrected chi connectivity index (χ0v) is 22.7. The van der Waals surface area contributed by atoms with Crippen LogP contribution in [0.15, 0.2) is 46.7 Å². The van der Waals surface area contributed by atoms with Crippen molar-refractivity contribution in [1.82, 2.24) is 14.8 Å². The van der Waals surface area contributed by atoms with Crippen molar-refractivity contribution in [3.05, 3.63) is 80.2 Å². The molecule has 2 aromatic heterocycles. The van der Waals surface area contributed by atoms with Crippen LogP contribution in [0.3, 0.4) is 0 Å². The van der Waals surface area contributed by atoms with Crippen molar-refractivity contribution in [1.29, 1.82) is 0 Å². The molecule has 0 radical (unpaired) electrons. The van der Waals surface area contributed by atoms with Gasteiger partial charge in [-0.3, -0.25) is 4.79 Å². The first kappa shape index (κ1) is 26.0. The van der Waals surface area contributed by atoms with E-state index in [1.54, 1.807) is 28.3 Å². The molecule has 1 aliphatic carbocycles. The van der Waals surface area contributed by atoms with E-state index in [0.29, 0.717) is 50.0 Å². The lowest BCUT2D eigenvalue weighted by atomic mass is 9.97. The third-order valence-electron chi connectivity index (χ3n) is 6.12. The Morgan fingerprint density at radius 3 is 2.46 bits per heavy atom. The number of rotatable bonds is 8. The molecule has 2 aromatic carbocycles. The van der Waals surface area contributed by atoms with Gasteiger partial charge in [-0.05, 0) is 61.1 Å². The quantitative estimate of drug-likeness (QED) is 0.264. The van der Waals surface area contributed by atoms with E-state index in [2.05, 4.69) is 4.98 Å². The highest BCUT2D eigenvalue weighted by Crippen LogP contribution is 2.39.